The first kappa shape index (κ1) is 21.8. The zero-order valence-corrected chi connectivity index (χ0v) is 14.6. The van der Waals surface area contributed by atoms with Gasteiger partial charge in [-0.05, 0) is 12.3 Å². The number of aliphatic hydroxyl groups is 2. The number of rotatable bonds is 16. The summed E-state index contributed by atoms with van der Waals surface area (Å²) in [6.07, 6.45) is 9.53. The molecular weight excluding hydrogens is 282 g/mol. The third-order valence-electron chi connectivity index (χ3n) is 3.72. The monoisotopic (exact) mass is 319 g/mol. The van der Waals surface area contributed by atoms with E-state index in [0.29, 0.717) is 19.6 Å². The Morgan fingerprint density at radius 1 is 0.864 bits per heavy atom. The molecule has 22 heavy (non-hydrogen) atoms. The molecule has 0 spiro atoms. The summed E-state index contributed by atoms with van der Waals surface area (Å²) in [7, 11) is 0. The zero-order chi connectivity index (χ0) is 16.6. The number of quaternary nitrogens is 1. The number of hydrogen-bond donors (Lipinski definition) is 3. The van der Waals surface area contributed by atoms with Gasteiger partial charge < -0.3 is 25.2 Å². The van der Waals surface area contributed by atoms with Crippen LogP contribution >= 0.6 is 0 Å². The summed E-state index contributed by atoms with van der Waals surface area (Å²) < 4.78 is 5.48. The molecule has 0 aromatic heterocycles. The number of ether oxygens (including phenoxy) is 1. The molecule has 0 aliphatic heterocycles. The fourth-order valence-corrected chi connectivity index (χ4v) is 2.42. The summed E-state index contributed by atoms with van der Waals surface area (Å²) in [5.41, 5.74) is 0. The first-order valence-electron chi connectivity index (χ1n) is 8.98. The summed E-state index contributed by atoms with van der Waals surface area (Å²) in [6, 6.07) is 0. The maximum Gasteiger partial charge on any atom is 0.202 e. The molecule has 134 valence electrons. The number of hydrogen-bond acceptors (Lipinski definition) is 4. The van der Waals surface area contributed by atoms with Crippen LogP contribution in [0.2, 0.25) is 0 Å². The maximum absolute atomic E-state index is 11.2. The third-order valence-corrected chi connectivity index (χ3v) is 3.72. The van der Waals surface area contributed by atoms with E-state index in [4.69, 9.17) is 14.9 Å². The number of nitrogens with one attached hydrogen (secondary N) is 1. The quantitative estimate of drug-likeness (QED) is 0.231. The van der Waals surface area contributed by atoms with Crippen LogP contribution < -0.4 is 5.06 Å². The average Bonchev–Trinajstić information content (AvgIpc) is 2.42. The Morgan fingerprint density at radius 3 is 2.00 bits per heavy atom. The first-order valence-corrected chi connectivity index (χ1v) is 8.98. The highest BCUT2D eigenvalue weighted by atomic mass is 16.5. The predicted octanol–water partition coefficient (Wildman–Crippen LogP) is 1.86. The molecule has 0 fully saturated rings. The minimum absolute atomic E-state index is 0.115. The molecule has 0 aromatic rings. The Kier molecular flexibility index (Phi) is 15.5. The standard InChI is InChI=1S/C17H37NO4/c1-16(2)11-8-6-4-3-5-7-9-13-22-14-10-12-18(21)15-17(19)20/h16-20H,3-15H2,1-2H3. The largest absolute Gasteiger partial charge is 0.634 e. The minimum atomic E-state index is -1.52. The molecule has 0 aromatic carbocycles. The lowest BCUT2D eigenvalue weighted by Crippen LogP contribution is -3.08. The highest BCUT2D eigenvalue weighted by molar-refractivity contribution is 4.49. The van der Waals surface area contributed by atoms with Gasteiger partial charge in [0.05, 0.1) is 13.2 Å². The second kappa shape index (κ2) is 15.7. The summed E-state index contributed by atoms with van der Waals surface area (Å²) in [5.74, 6) is 0.834. The van der Waals surface area contributed by atoms with Crippen molar-refractivity contribution < 1.29 is 20.0 Å². The van der Waals surface area contributed by atoms with E-state index >= 15 is 0 Å². The van der Waals surface area contributed by atoms with E-state index < -0.39 is 6.29 Å². The Hall–Kier alpha value is -0.200. The minimum Gasteiger partial charge on any atom is -0.634 e. The molecule has 0 bridgehead atoms. The maximum atomic E-state index is 11.2. The molecule has 5 heteroatoms. The lowest BCUT2D eigenvalue weighted by molar-refractivity contribution is -0.855. The van der Waals surface area contributed by atoms with Crippen molar-refractivity contribution in [3.63, 3.8) is 0 Å². The molecule has 0 saturated carbocycles. The van der Waals surface area contributed by atoms with Crippen molar-refractivity contribution in [2.24, 2.45) is 5.92 Å². The van der Waals surface area contributed by atoms with Gasteiger partial charge in [-0.25, -0.2) is 0 Å². The van der Waals surface area contributed by atoms with E-state index in [1.165, 1.54) is 44.9 Å². The topological polar surface area (TPSA) is 77.2 Å². The Labute approximate surface area is 136 Å². The second-order valence-corrected chi connectivity index (χ2v) is 6.60. The number of aliphatic hydroxyl groups excluding tert-OH is 1. The van der Waals surface area contributed by atoms with Crippen molar-refractivity contribution in [2.75, 3.05) is 26.3 Å². The molecule has 0 aliphatic rings. The van der Waals surface area contributed by atoms with Gasteiger partial charge in [0.1, 0.15) is 6.54 Å². The SMILES string of the molecule is CC(C)CCCCCCCCCOCCC[NH+]([O-])CC(O)O. The smallest absolute Gasteiger partial charge is 0.202 e. The molecule has 1 atom stereocenters. The van der Waals surface area contributed by atoms with Gasteiger partial charge in [-0.1, -0.05) is 58.8 Å². The molecule has 0 amide bonds. The summed E-state index contributed by atoms with van der Waals surface area (Å²) >= 11 is 0. The van der Waals surface area contributed by atoms with Gasteiger partial charge in [-0.2, -0.15) is 0 Å². The normalized spacial score (nSPS) is 13.2. The average molecular weight is 319 g/mol. The van der Waals surface area contributed by atoms with Gasteiger partial charge in [0.25, 0.3) is 0 Å². The van der Waals surface area contributed by atoms with Crippen LogP contribution in [0.25, 0.3) is 0 Å². The van der Waals surface area contributed by atoms with Gasteiger partial charge in [0, 0.05) is 13.0 Å². The van der Waals surface area contributed by atoms with Crippen molar-refractivity contribution in [1.82, 2.24) is 0 Å². The molecule has 1 unspecified atom stereocenters. The van der Waals surface area contributed by atoms with Gasteiger partial charge in [-0.3, -0.25) is 0 Å². The fraction of sp³-hybridized carbons (Fsp3) is 1.00. The van der Waals surface area contributed by atoms with Crippen molar-refractivity contribution in [2.45, 2.75) is 77.9 Å². The van der Waals surface area contributed by atoms with Crippen molar-refractivity contribution in [1.29, 1.82) is 0 Å². The lowest BCUT2D eigenvalue weighted by atomic mass is 10.0. The summed E-state index contributed by atoms with van der Waals surface area (Å²) in [4.78, 5) is 0. The second-order valence-electron chi connectivity index (χ2n) is 6.60. The van der Waals surface area contributed by atoms with Gasteiger partial charge in [0.15, 0.2) is 0 Å². The number of unbranched alkanes of at least 4 members (excludes halogenated alkanes) is 6. The number of hydroxylamine groups is 2. The van der Waals surface area contributed by atoms with Crippen LogP contribution in [0.4, 0.5) is 0 Å². The van der Waals surface area contributed by atoms with Crippen LogP contribution in [-0.4, -0.2) is 42.8 Å². The van der Waals surface area contributed by atoms with Crippen LogP contribution in [0.3, 0.4) is 0 Å². The van der Waals surface area contributed by atoms with E-state index in [1.54, 1.807) is 0 Å². The van der Waals surface area contributed by atoms with Gasteiger partial charge >= 0.3 is 0 Å². The zero-order valence-electron chi connectivity index (χ0n) is 14.6. The molecule has 0 radical (unpaired) electrons. The molecule has 0 heterocycles. The fourth-order valence-electron chi connectivity index (χ4n) is 2.42. The summed E-state index contributed by atoms with van der Waals surface area (Å²) in [5, 5.41) is 28.4. The molecular formula is C17H37NO4. The van der Waals surface area contributed by atoms with Crippen LogP contribution in [0.5, 0.6) is 0 Å². The van der Waals surface area contributed by atoms with Crippen molar-refractivity contribution in [3.8, 4) is 0 Å². The van der Waals surface area contributed by atoms with Gasteiger partial charge in [0.2, 0.25) is 6.29 Å². The highest BCUT2D eigenvalue weighted by Gasteiger charge is 2.03. The molecule has 0 saturated heterocycles. The van der Waals surface area contributed by atoms with E-state index in [-0.39, 0.29) is 11.6 Å². The Bertz CT molecular complexity index is 225. The van der Waals surface area contributed by atoms with E-state index in [0.717, 1.165) is 18.9 Å². The Morgan fingerprint density at radius 2 is 1.41 bits per heavy atom. The van der Waals surface area contributed by atoms with E-state index in [2.05, 4.69) is 13.8 Å². The summed E-state index contributed by atoms with van der Waals surface area (Å²) in [6.45, 7) is 6.12. The van der Waals surface area contributed by atoms with Crippen molar-refractivity contribution >= 4 is 0 Å². The predicted molar refractivity (Wildman–Crippen MR) is 89.5 cm³/mol. The first-order chi connectivity index (χ1) is 10.5. The molecule has 0 aliphatic carbocycles. The highest BCUT2D eigenvalue weighted by Crippen LogP contribution is 2.11. The van der Waals surface area contributed by atoms with Crippen LogP contribution in [0, 0.1) is 11.1 Å². The van der Waals surface area contributed by atoms with Crippen LogP contribution in [-0.2, 0) is 4.74 Å². The van der Waals surface area contributed by atoms with Crippen LogP contribution in [0.1, 0.15) is 71.6 Å². The van der Waals surface area contributed by atoms with Crippen LogP contribution in [0.15, 0.2) is 0 Å². The third kappa shape index (κ3) is 17.9. The Balaban J connectivity index is 3.08. The van der Waals surface area contributed by atoms with Gasteiger partial charge in [-0.15, -0.1) is 0 Å². The van der Waals surface area contributed by atoms with Crippen molar-refractivity contribution in [3.05, 3.63) is 5.21 Å². The lowest BCUT2D eigenvalue weighted by Gasteiger charge is -2.22. The van der Waals surface area contributed by atoms with E-state index in [9.17, 15) is 5.21 Å². The van der Waals surface area contributed by atoms with E-state index in [1.807, 2.05) is 0 Å². The molecule has 5 nitrogen and oxygen atoms in total. The molecule has 0 rings (SSSR count). The molecule has 3 N–H and O–H groups in total.